The molecule has 1 amide bonds. The van der Waals surface area contributed by atoms with Crippen LogP contribution in [0.15, 0.2) is 67.0 Å². The summed E-state index contributed by atoms with van der Waals surface area (Å²) in [5.41, 5.74) is 3.17. The van der Waals surface area contributed by atoms with Gasteiger partial charge >= 0.3 is 5.97 Å². The maximum Gasteiger partial charge on any atom is 0.343 e. The van der Waals surface area contributed by atoms with Gasteiger partial charge in [-0.15, -0.1) is 0 Å². The number of aryl methyl sites for hydroxylation is 2. The Morgan fingerprint density at radius 3 is 2.59 bits per heavy atom. The molecule has 1 N–H and O–H groups in total. The van der Waals surface area contributed by atoms with Crippen LogP contribution in [0.3, 0.4) is 0 Å². The van der Waals surface area contributed by atoms with Crippen LogP contribution in [0.4, 0.5) is 5.82 Å². The Bertz CT molecular complexity index is 1310. The van der Waals surface area contributed by atoms with Crippen molar-refractivity contribution >= 4 is 17.7 Å². The van der Waals surface area contributed by atoms with Gasteiger partial charge in [0.1, 0.15) is 11.3 Å². The minimum absolute atomic E-state index is 0.146. The molecule has 174 valence electrons. The maximum atomic E-state index is 13.0. The van der Waals surface area contributed by atoms with E-state index < -0.39 is 11.9 Å². The summed E-state index contributed by atoms with van der Waals surface area (Å²) in [6, 6.07) is 16.7. The van der Waals surface area contributed by atoms with Crippen LogP contribution in [0.2, 0.25) is 0 Å². The van der Waals surface area contributed by atoms with Crippen LogP contribution < -0.4 is 10.1 Å². The van der Waals surface area contributed by atoms with Gasteiger partial charge < -0.3 is 14.8 Å². The second-order valence-corrected chi connectivity index (χ2v) is 7.61. The average molecular weight is 460 g/mol. The van der Waals surface area contributed by atoms with Crippen molar-refractivity contribution in [1.82, 2.24) is 19.6 Å². The van der Waals surface area contributed by atoms with Crippen LogP contribution in [0.1, 0.15) is 38.9 Å². The van der Waals surface area contributed by atoms with Crippen molar-refractivity contribution in [3.8, 4) is 11.4 Å². The average Bonchev–Trinajstić information content (AvgIpc) is 3.47. The van der Waals surface area contributed by atoms with E-state index in [2.05, 4.69) is 15.5 Å². The number of carbonyl (C=O) groups excluding carboxylic acids is 2. The molecule has 2 aromatic carbocycles. The number of hydrogen-bond acceptors (Lipinski definition) is 6. The van der Waals surface area contributed by atoms with E-state index in [1.54, 1.807) is 19.2 Å². The Balaban J connectivity index is 1.53. The minimum Gasteiger partial charge on any atom is -0.471 e. The molecular formula is C25H25N5O4. The molecule has 2 aromatic heterocycles. The van der Waals surface area contributed by atoms with Crippen LogP contribution in [0, 0.1) is 13.8 Å². The summed E-state index contributed by atoms with van der Waals surface area (Å²) < 4.78 is 13.9. The zero-order chi connectivity index (χ0) is 24.1. The fraction of sp³-hybridized carbons (Fsp3) is 0.200. The molecule has 0 fully saturated rings. The van der Waals surface area contributed by atoms with E-state index in [9.17, 15) is 9.59 Å². The lowest BCUT2D eigenvalue weighted by molar-refractivity contribution is 0.0527. The number of benzene rings is 2. The molecule has 0 atom stereocenters. The topological polar surface area (TPSA) is 100 Å². The number of para-hydroxylation sites is 1. The number of nitrogens with zero attached hydrogens (tertiary/aromatic N) is 4. The molecule has 2 heterocycles. The number of ether oxygens (including phenoxy) is 2. The number of anilines is 1. The molecule has 4 aromatic rings. The summed E-state index contributed by atoms with van der Waals surface area (Å²) in [6.07, 6.45) is 3.02. The van der Waals surface area contributed by atoms with Gasteiger partial charge in [0.05, 0.1) is 18.5 Å². The normalized spacial score (nSPS) is 10.7. The number of esters is 1. The van der Waals surface area contributed by atoms with Gasteiger partial charge in [-0.1, -0.05) is 35.9 Å². The molecule has 0 aliphatic carbocycles. The number of amides is 1. The Hall–Kier alpha value is -4.40. The first-order valence-corrected chi connectivity index (χ1v) is 10.8. The van der Waals surface area contributed by atoms with Crippen LogP contribution in [0.25, 0.3) is 5.69 Å². The molecule has 0 aliphatic rings. The summed E-state index contributed by atoms with van der Waals surface area (Å²) in [4.78, 5) is 25.4. The quantitative estimate of drug-likeness (QED) is 0.397. The summed E-state index contributed by atoms with van der Waals surface area (Å²) in [5.74, 6) is -0.116. The molecule has 0 saturated heterocycles. The van der Waals surface area contributed by atoms with Crippen molar-refractivity contribution in [3.05, 3.63) is 89.4 Å². The van der Waals surface area contributed by atoms with Crippen molar-refractivity contribution in [1.29, 1.82) is 0 Å². The Labute approximate surface area is 196 Å². The van der Waals surface area contributed by atoms with E-state index in [-0.39, 0.29) is 30.4 Å². The van der Waals surface area contributed by atoms with E-state index in [1.807, 2.05) is 62.4 Å². The molecular weight excluding hydrogens is 434 g/mol. The summed E-state index contributed by atoms with van der Waals surface area (Å²) >= 11 is 0. The van der Waals surface area contributed by atoms with Gasteiger partial charge in [0.25, 0.3) is 5.91 Å². The van der Waals surface area contributed by atoms with Crippen LogP contribution >= 0.6 is 0 Å². The molecule has 0 spiro atoms. The summed E-state index contributed by atoms with van der Waals surface area (Å²) in [5, 5.41) is 11.3. The van der Waals surface area contributed by atoms with E-state index >= 15 is 0 Å². The van der Waals surface area contributed by atoms with Gasteiger partial charge in [0.2, 0.25) is 0 Å². The number of hydrogen-bond donors (Lipinski definition) is 1. The van der Waals surface area contributed by atoms with Crippen molar-refractivity contribution < 1.29 is 19.1 Å². The highest BCUT2D eigenvalue weighted by atomic mass is 16.5. The van der Waals surface area contributed by atoms with Gasteiger partial charge in [0, 0.05) is 6.20 Å². The van der Waals surface area contributed by atoms with Crippen molar-refractivity contribution in [2.45, 2.75) is 27.5 Å². The fourth-order valence-corrected chi connectivity index (χ4v) is 3.42. The SMILES string of the molecule is CCOC(=O)c1cnn(-c2ccccc2)c1NC(=O)c1ccn(COc2ccc(C)cc2C)n1. The van der Waals surface area contributed by atoms with Crippen molar-refractivity contribution in [2.24, 2.45) is 0 Å². The molecule has 0 unspecified atom stereocenters. The zero-order valence-corrected chi connectivity index (χ0v) is 19.2. The van der Waals surface area contributed by atoms with E-state index in [4.69, 9.17) is 9.47 Å². The first-order valence-electron chi connectivity index (χ1n) is 10.8. The molecule has 9 nitrogen and oxygen atoms in total. The predicted molar refractivity (Wildman–Crippen MR) is 126 cm³/mol. The highest BCUT2D eigenvalue weighted by Gasteiger charge is 2.23. The van der Waals surface area contributed by atoms with E-state index in [1.165, 1.54) is 15.6 Å². The first kappa shape index (κ1) is 22.8. The third kappa shape index (κ3) is 4.98. The summed E-state index contributed by atoms with van der Waals surface area (Å²) in [6.45, 7) is 6.05. The molecule has 9 heteroatoms. The second-order valence-electron chi connectivity index (χ2n) is 7.61. The third-order valence-corrected chi connectivity index (χ3v) is 5.05. The predicted octanol–water partition coefficient (Wildman–Crippen LogP) is 4.15. The largest absolute Gasteiger partial charge is 0.471 e. The maximum absolute atomic E-state index is 13.0. The van der Waals surface area contributed by atoms with Crippen LogP contribution in [-0.4, -0.2) is 38.0 Å². The summed E-state index contributed by atoms with van der Waals surface area (Å²) in [7, 11) is 0. The smallest absolute Gasteiger partial charge is 0.343 e. The lowest BCUT2D eigenvalue weighted by Gasteiger charge is -2.11. The zero-order valence-electron chi connectivity index (χ0n) is 19.2. The first-order chi connectivity index (χ1) is 16.5. The Morgan fingerprint density at radius 1 is 1.06 bits per heavy atom. The van der Waals surface area contributed by atoms with Crippen molar-refractivity contribution in [2.75, 3.05) is 11.9 Å². The van der Waals surface area contributed by atoms with Gasteiger partial charge in [-0.05, 0) is 50.6 Å². The Morgan fingerprint density at radius 2 is 1.85 bits per heavy atom. The Kier molecular flexibility index (Phi) is 6.72. The standard InChI is InChI=1S/C25H25N5O4/c1-4-33-25(32)20-15-26-30(19-8-6-5-7-9-19)23(20)27-24(31)21-12-13-29(28-21)16-34-22-11-10-17(2)14-18(22)3/h5-15H,4,16H2,1-3H3,(H,27,31). The second kappa shape index (κ2) is 10.0. The van der Waals surface area contributed by atoms with Gasteiger partial charge in [-0.2, -0.15) is 10.2 Å². The van der Waals surface area contributed by atoms with Gasteiger partial charge in [0.15, 0.2) is 18.2 Å². The number of carbonyl (C=O) groups is 2. The third-order valence-electron chi connectivity index (χ3n) is 5.05. The highest BCUT2D eigenvalue weighted by molar-refractivity contribution is 6.06. The monoisotopic (exact) mass is 459 g/mol. The molecule has 0 aliphatic heterocycles. The number of rotatable bonds is 8. The fourth-order valence-electron chi connectivity index (χ4n) is 3.42. The van der Waals surface area contributed by atoms with Crippen molar-refractivity contribution in [3.63, 3.8) is 0 Å². The highest BCUT2D eigenvalue weighted by Crippen LogP contribution is 2.22. The molecule has 34 heavy (non-hydrogen) atoms. The lowest BCUT2D eigenvalue weighted by atomic mass is 10.1. The van der Waals surface area contributed by atoms with Gasteiger partial charge in [-0.3, -0.25) is 4.79 Å². The number of aromatic nitrogens is 4. The molecule has 0 bridgehead atoms. The van der Waals surface area contributed by atoms with E-state index in [0.717, 1.165) is 16.9 Å². The molecule has 4 rings (SSSR count). The number of nitrogens with one attached hydrogen (secondary N) is 1. The molecule has 0 radical (unpaired) electrons. The lowest BCUT2D eigenvalue weighted by Crippen LogP contribution is -2.19. The van der Waals surface area contributed by atoms with Gasteiger partial charge in [-0.25, -0.2) is 14.2 Å². The minimum atomic E-state index is -0.577. The van der Waals surface area contributed by atoms with E-state index in [0.29, 0.717) is 5.69 Å². The molecule has 0 saturated carbocycles. The van der Waals surface area contributed by atoms with Crippen LogP contribution in [-0.2, 0) is 11.5 Å². The van der Waals surface area contributed by atoms with Crippen LogP contribution in [0.5, 0.6) is 5.75 Å².